The van der Waals surface area contributed by atoms with E-state index in [2.05, 4.69) is 11.4 Å². The molecule has 0 radical (unpaired) electrons. The minimum Gasteiger partial charge on any atom is -0.493 e. The first-order chi connectivity index (χ1) is 9.35. The SMILES string of the molecule is N#CC(CCOc1ccc2c(c1)OCO2)NC1CC1. The zero-order chi connectivity index (χ0) is 13.1. The molecule has 1 N–H and O–H groups in total. The zero-order valence-electron chi connectivity index (χ0n) is 10.6. The van der Waals surface area contributed by atoms with Crippen molar-refractivity contribution in [2.24, 2.45) is 0 Å². The molecule has 0 amide bonds. The topological polar surface area (TPSA) is 63.5 Å². The molecule has 1 heterocycles. The lowest BCUT2D eigenvalue weighted by Gasteiger charge is -2.11. The Bertz CT molecular complexity index is 494. The van der Waals surface area contributed by atoms with E-state index in [1.54, 1.807) is 0 Å². The van der Waals surface area contributed by atoms with Crippen LogP contribution in [0.3, 0.4) is 0 Å². The summed E-state index contributed by atoms with van der Waals surface area (Å²) in [6, 6.07) is 8.18. The lowest BCUT2D eigenvalue weighted by Crippen LogP contribution is -2.31. The molecule has 1 unspecified atom stereocenters. The number of ether oxygens (including phenoxy) is 3. The van der Waals surface area contributed by atoms with Gasteiger partial charge in [0.2, 0.25) is 6.79 Å². The summed E-state index contributed by atoms with van der Waals surface area (Å²) in [6.45, 7) is 0.776. The van der Waals surface area contributed by atoms with Gasteiger partial charge in [0.1, 0.15) is 5.75 Å². The van der Waals surface area contributed by atoms with Crippen LogP contribution >= 0.6 is 0 Å². The molecule has 5 nitrogen and oxygen atoms in total. The number of nitrogens with one attached hydrogen (secondary N) is 1. The fraction of sp³-hybridized carbons (Fsp3) is 0.500. The number of hydrogen-bond donors (Lipinski definition) is 1. The smallest absolute Gasteiger partial charge is 0.231 e. The Hall–Kier alpha value is -1.93. The van der Waals surface area contributed by atoms with E-state index in [9.17, 15) is 0 Å². The van der Waals surface area contributed by atoms with Crippen LogP contribution in [0.5, 0.6) is 17.2 Å². The van der Waals surface area contributed by atoms with E-state index in [0.29, 0.717) is 24.8 Å². The fourth-order valence-corrected chi connectivity index (χ4v) is 1.98. The van der Waals surface area contributed by atoms with Crippen LogP contribution < -0.4 is 19.5 Å². The minimum absolute atomic E-state index is 0.124. The Morgan fingerprint density at radius 1 is 1.37 bits per heavy atom. The standard InChI is InChI=1S/C14H16N2O3/c15-8-11(16-10-1-2-10)5-6-17-12-3-4-13-14(7-12)19-9-18-13/h3-4,7,10-11,16H,1-2,5-6,9H2. The molecule has 0 aromatic heterocycles. The number of nitrogens with zero attached hydrogens (tertiary/aromatic N) is 1. The highest BCUT2D eigenvalue weighted by Gasteiger charge is 2.24. The van der Waals surface area contributed by atoms with Crippen LogP contribution in [0.2, 0.25) is 0 Å². The summed E-state index contributed by atoms with van der Waals surface area (Å²) in [5, 5.41) is 12.3. The van der Waals surface area contributed by atoms with E-state index in [-0.39, 0.29) is 12.8 Å². The van der Waals surface area contributed by atoms with Crippen molar-refractivity contribution in [3.05, 3.63) is 18.2 Å². The van der Waals surface area contributed by atoms with E-state index >= 15 is 0 Å². The van der Waals surface area contributed by atoms with Gasteiger partial charge in [-0.3, -0.25) is 5.32 Å². The molecule has 1 aromatic carbocycles. The molecule has 2 aliphatic rings. The highest BCUT2D eigenvalue weighted by atomic mass is 16.7. The van der Waals surface area contributed by atoms with Gasteiger partial charge in [-0.25, -0.2) is 0 Å². The van der Waals surface area contributed by atoms with Crippen LogP contribution in [0.15, 0.2) is 18.2 Å². The highest BCUT2D eigenvalue weighted by molar-refractivity contribution is 5.46. The van der Waals surface area contributed by atoms with Gasteiger partial charge in [-0.05, 0) is 25.0 Å². The summed E-state index contributed by atoms with van der Waals surface area (Å²) in [7, 11) is 0. The van der Waals surface area contributed by atoms with Gasteiger partial charge in [0, 0.05) is 18.5 Å². The molecule has 0 spiro atoms. The van der Waals surface area contributed by atoms with E-state index in [1.165, 1.54) is 12.8 Å². The van der Waals surface area contributed by atoms with Gasteiger partial charge >= 0.3 is 0 Å². The Balaban J connectivity index is 1.47. The summed E-state index contributed by atoms with van der Waals surface area (Å²) in [6.07, 6.45) is 3.05. The zero-order valence-corrected chi connectivity index (χ0v) is 10.6. The van der Waals surface area contributed by atoms with E-state index < -0.39 is 0 Å². The monoisotopic (exact) mass is 260 g/mol. The predicted molar refractivity (Wildman–Crippen MR) is 68.2 cm³/mol. The van der Waals surface area contributed by atoms with Crippen LogP contribution in [-0.4, -0.2) is 25.5 Å². The number of nitriles is 1. The summed E-state index contributed by atoms with van der Waals surface area (Å²) >= 11 is 0. The first kappa shape index (κ1) is 12.1. The van der Waals surface area contributed by atoms with E-state index in [4.69, 9.17) is 19.5 Å². The van der Waals surface area contributed by atoms with Crippen molar-refractivity contribution >= 4 is 0 Å². The Kier molecular flexibility index (Phi) is 3.43. The third-order valence-electron chi connectivity index (χ3n) is 3.19. The van der Waals surface area contributed by atoms with Crippen molar-refractivity contribution in [2.75, 3.05) is 13.4 Å². The predicted octanol–water partition coefficient (Wildman–Crippen LogP) is 1.83. The largest absolute Gasteiger partial charge is 0.493 e. The van der Waals surface area contributed by atoms with Gasteiger partial charge in [-0.1, -0.05) is 0 Å². The van der Waals surface area contributed by atoms with Crippen molar-refractivity contribution in [3.63, 3.8) is 0 Å². The van der Waals surface area contributed by atoms with Crippen molar-refractivity contribution in [3.8, 4) is 23.3 Å². The first-order valence-corrected chi connectivity index (χ1v) is 6.53. The van der Waals surface area contributed by atoms with E-state index in [1.807, 2.05) is 18.2 Å². The van der Waals surface area contributed by atoms with Gasteiger partial charge < -0.3 is 14.2 Å². The van der Waals surface area contributed by atoms with Crippen LogP contribution in [0.25, 0.3) is 0 Å². The minimum atomic E-state index is -0.124. The third kappa shape index (κ3) is 3.09. The van der Waals surface area contributed by atoms with Crippen LogP contribution in [0, 0.1) is 11.3 Å². The molecule has 1 aromatic rings. The second kappa shape index (κ2) is 5.37. The molecule has 5 heteroatoms. The second-order valence-corrected chi connectivity index (χ2v) is 4.77. The maximum atomic E-state index is 9.02. The molecule has 3 rings (SSSR count). The molecular weight excluding hydrogens is 244 g/mol. The highest BCUT2D eigenvalue weighted by Crippen LogP contribution is 2.35. The molecule has 1 aliphatic heterocycles. The Morgan fingerprint density at radius 2 is 2.21 bits per heavy atom. The van der Waals surface area contributed by atoms with E-state index in [0.717, 1.165) is 11.5 Å². The number of fused-ring (bicyclic) bond motifs is 1. The molecule has 1 aliphatic carbocycles. The van der Waals surface area contributed by atoms with Gasteiger partial charge in [-0.2, -0.15) is 5.26 Å². The second-order valence-electron chi connectivity index (χ2n) is 4.77. The molecule has 1 fully saturated rings. The average molecular weight is 260 g/mol. The Morgan fingerprint density at radius 3 is 3.00 bits per heavy atom. The molecule has 1 saturated carbocycles. The van der Waals surface area contributed by atoms with Gasteiger partial charge in [0.05, 0.1) is 18.7 Å². The van der Waals surface area contributed by atoms with Crippen LogP contribution in [0.1, 0.15) is 19.3 Å². The molecule has 1 atom stereocenters. The molecule has 19 heavy (non-hydrogen) atoms. The Labute approximate surface area is 112 Å². The van der Waals surface area contributed by atoms with Crippen molar-refractivity contribution in [1.82, 2.24) is 5.32 Å². The summed E-state index contributed by atoms with van der Waals surface area (Å²) in [5.74, 6) is 2.20. The fourth-order valence-electron chi connectivity index (χ4n) is 1.98. The van der Waals surface area contributed by atoms with Gasteiger partial charge in [-0.15, -0.1) is 0 Å². The van der Waals surface area contributed by atoms with Crippen LogP contribution in [-0.2, 0) is 0 Å². The van der Waals surface area contributed by atoms with Crippen molar-refractivity contribution in [2.45, 2.75) is 31.3 Å². The molecule has 0 bridgehead atoms. The number of hydrogen-bond acceptors (Lipinski definition) is 5. The lowest BCUT2D eigenvalue weighted by molar-refractivity contribution is 0.173. The summed E-state index contributed by atoms with van der Waals surface area (Å²) < 4.78 is 16.2. The normalized spacial score (nSPS) is 17.8. The number of benzene rings is 1. The molecular formula is C14H16N2O3. The first-order valence-electron chi connectivity index (χ1n) is 6.53. The maximum absolute atomic E-state index is 9.02. The molecule has 100 valence electrons. The van der Waals surface area contributed by atoms with Crippen molar-refractivity contribution in [1.29, 1.82) is 5.26 Å². The lowest BCUT2D eigenvalue weighted by atomic mass is 10.2. The number of rotatable bonds is 6. The van der Waals surface area contributed by atoms with Crippen molar-refractivity contribution < 1.29 is 14.2 Å². The molecule has 0 saturated heterocycles. The summed E-state index contributed by atoms with van der Waals surface area (Å²) in [4.78, 5) is 0. The van der Waals surface area contributed by atoms with Gasteiger partial charge in [0.15, 0.2) is 11.5 Å². The van der Waals surface area contributed by atoms with Gasteiger partial charge in [0.25, 0.3) is 0 Å². The average Bonchev–Trinajstić information content (AvgIpc) is 3.12. The third-order valence-corrected chi connectivity index (χ3v) is 3.19. The summed E-state index contributed by atoms with van der Waals surface area (Å²) in [5.41, 5.74) is 0. The maximum Gasteiger partial charge on any atom is 0.231 e. The quantitative estimate of drug-likeness (QED) is 0.845. The van der Waals surface area contributed by atoms with Crippen LogP contribution in [0.4, 0.5) is 0 Å².